The van der Waals surface area contributed by atoms with Crippen molar-refractivity contribution in [3.8, 4) is 57.5 Å². The highest BCUT2D eigenvalue weighted by Crippen LogP contribution is 2.62. The summed E-state index contributed by atoms with van der Waals surface area (Å²) >= 11 is 0. The number of ether oxygens (including phenoxy) is 5. The van der Waals surface area contributed by atoms with Crippen LogP contribution in [0.25, 0.3) is 11.1 Å². The first-order valence-electron chi connectivity index (χ1n) is 45.2. The summed E-state index contributed by atoms with van der Waals surface area (Å²) in [5, 5.41) is 132. The van der Waals surface area contributed by atoms with Crippen molar-refractivity contribution in [3.63, 3.8) is 0 Å². The maximum Gasteiger partial charge on any atom is 0.342 e. The summed E-state index contributed by atoms with van der Waals surface area (Å²) in [5.74, 6) is 0.963. The third-order valence-electron chi connectivity index (χ3n) is 29.1. The number of benzene rings is 5. The van der Waals surface area contributed by atoms with Gasteiger partial charge in [0.1, 0.15) is 96.7 Å². The van der Waals surface area contributed by atoms with Crippen LogP contribution in [-0.2, 0) is 36.8 Å². The minimum Gasteiger partial charge on any atom is -0.508 e. The number of aryl methyl sites for hydroxylation is 5. The van der Waals surface area contributed by atoms with Gasteiger partial charge >= 0.3 is 5.97 Å². The molecule has 14 rings (SSSR count). The molecule has 5 aromatic carbocycles. The van der Waals surface area contributed by atoms with Crippen LogP contribution in [0.3, 0.4) is 0 Å². The lowest BCUT2D eigenvalue weighted by Gasteiger charge is -2.56. The Bertz CT molecular complexity index is 4830. The summed E-state index contributed by atoms with van der Waals surface area (Å²) in [7, 11) is 0. The van der Waals surface area contributed by atoms with Crippen LogP contribution >= 0.6 is 0 Å². The Balaban J connectivity index is 0.000000167. The lowest BCUT2D eigenvalue weighted by atomic mass is 9.58. The minimum absolute atomic E-state index is 0.00348. The molecule has 4 heterocycles. The van der Waals surface area contributed by atoms with E-state index in [1.807, 2.05) is 113 Å². The molecule has 4 aliphatic heterocycles. The van der Waals surface area contributed by atoms with Crippen LogP contribution in [0.5, 0.6) is 57.5 Å². The molecule has 0 aromatic heterocycles. The zero-order valence-corrected chi connectivity index (χ0v) is 76.6. The van der Waals surface area contributed by atoms with Gasteiger partial charge in [-0.3, -0.25) is 0 Å². The maximum absolute atomic E-state index is 14.5. The van der Waals surface area contributed by atoms with Gasteiger partial charge in [-0.05, 0) is 297 Å². The molecule has 121 heavy (non-hydrogen) atoms. The number of allylic oxidation sites excluding steroid dienone is 3. The molecule has 9 aliphatic rings. The second-order valence-corrected chi connectivity index (χ2v) is 39.9. The number of carbonyl (C=O) groups excluding carboxylic acids is 1. The average Bonchev–Trinajstić information content (AvgIpc) is 0.702. The van der Waals surface area contributed by atoms with Crippen molar-refractivity contribution in [2.24, 2.45) is 29.6 Å². The Hall–Kier alpha value is -7.97. The van der Waals surface area contributed by atoms with Crippen molar-refractivity contribution < 1.29 is 89.8 Å². The van der Waals surface area contributed by atoms with Gasteiger partial charge in [0.05, 0.1) is 40.6 Å². The standard InChI is InChI=1S/C42H56O6.C21H32O4.C21H30O4.C19H26O4/c1-10-12-13-15-28-23-33(44)37(30-20-25(5)16-17-29(30)24(3)4)39(45)36(28)40(46)48-42(9)19-18-31-35(26(42)6)38-32(43)21-27(14-11-2)22-34(38)47-41(31,7)8;1-6-7-8-13-10-15(22)18-16(11-13)25-20(3,4)14-9-12(2)21(5,24)19(23)17(14)18;1-6-7-8-14-10-16(22)18-15-9-12(2)13(3)19(23)21(15,24)20(4,5)25-17(18)11-14;1-5-6-11-7-14(20)17-12-10-19(4,22)16(21)9-13(12)18(2,3)23-15(17)8-11/h20-23,26,29-30,43-45H,3,10-19H2,1-2,4-9H3;10-12,14,17,19,22-24H,6-9H2,1-5H3;9-11,13,15,19,22-24H,6-8H2,1-5H3;7-8,16,20-22H,5-6,9-10H2,1-4H3/t26?,29-,30?,42?;12?,14-,17-,19+,21+;;/m01../s1. The largest absolute Gasteiger partial charge is 0.508 e. The van der Waals surface area contributed by atoms with Gasteiger partial charge in [-0.25, -0.2) is 4.79 Å². The van der Waals surface area contributed by atoms with Gasteiger partial charge in [-0.15, -0.1) is 0 Å². The maximum atomic E-state index is 14.5. The van der Waals surface area contributed by atoms with E-state index in [1.165, 1.54) is 5.57 Å². The van der Waals surface area contributed by atoms with Crippen molar-refractivity contribution in [1.29, 1.82) is 0 Å². The number of esters is 1. The fourth-order valence-electron chi connectivity index (χ4n) is 21.2. The Labute approximate surface area is 720 Å². The molecule has 1 fully saturated rings. The third-order valence-corrected chi connectivity index (χ3v) is 29.1. The summed E-state index contributed by atoms with van der Waals surface area (Å²) in [5.41, 5.74) is 7.59. The van der Waals surface area contributed by atoms with Crippen LogP contribution in [-0.4, -0.2) is 130 Å². The van der Waals surface area contributed by atoms with Crippen LogP contribution in [0.4, 0.5) is 0 Å². The molecule has 5 aliphatic carbocycles. The van der Waals surface area contributed by atoms with Gasteiger partial charge in [0.2, 0.25) is 0 Å². The van der Waals surface area contributed by atoms with Crippen LogP contribution in [0, 0.1) is 29.6 Å². The van der Waals surface area contributed by atoms with E-state index in [1.54, 1.807) is 38.1 Å². The number of aromatic hydroxyl groups is 6. The minimum atomic E-state index is -1.50. The fourth-order valence-corrected chi connectivity index (χ4v) is 21.2. The molecule has 5 aromatic rings. The second kappa shape index (κ2) is 35.6. The second-order valence-electron chi connectivity index (χ2n) is 39.9. The van der Waals surface area contributed by atoms with Gasteiger partial charge in [0.25, 0.3) is 0 Å². The van der Waals surface area contributed by atoms with E-state index in [0.29, 0.717) is 88.5 Å². The summed E-state index contributed by atoms with van der Waals surface area (Å²) in [6, 6.07) is 16.9. The Morgan fingerprint density at radius 2 is 1.08 bits per heavy atom. The van der Waals surface area contributed by atoms with E-state index >= 15 is 0 Å². The number of fused-ring (bicyclic) bond motifs is 10. The number of carbonyl (C=O) groups is 1. The summed E-state index contributed by atoms with van der Waals surface area (Å²) in [6.45, 7) is 47.9. The number of hydrogen-bond acceptors (Lipinski definition) is 18. The first kappa shape index (κ1) is 93.7. The predicted molar refractivity (Wildman–Crippen MR) is 479 cm³/mol. The number of aliphatic hydroxyl groups excluding tert-OH is 3. The van der Waals surface area contributed by atoms with Gasteiger partial charge in [0.15, 0.2) is 0 Å². The molecule has 0 amide bonds. The van der Waals surface area contributed by atoms with Crippen molar-refractivity contribution in [2.45, 2.75) is 368 Å². The SMILES string of the molecule is C=C(C)[C@@H]1CCC(C)=CC1c1c(O)cc(CCCCC)c(C(=O)OC2(C)CCC3=C(c4c(O)cc(CCC)cc4OC3(C)C)C2C)c1O.CCCCc1cc(O)c2c(c1)OC(C)(C)C1(O)C2C=C(C)C(C)C1O.CCCCc1cc(O)c2c(c1)OC(C)(C)[C@@H]1CC(C)[C@](C)(O)[C@@H](O)[C@@H]21.CCCc1cc(O)c2c(c1)OC(C)(C)C1=C2CC(C)(O)C(O)C1. The first-order chi connectivity index (χ1) is 56.5. The highest BCUT2D eigenvalue weighted by atomic mass is 16.6. The zero-order valence-electron chi connectivity index (χ0n) is 76.6. The van der Waals surface area contributed by atoms with Crippen LogP contribution in [0.2, 0.25) is 0 Å². The summed E-state index contributed by atoms with van der Waals surface area (Å²) in [6.07, 6.45) is 18.8. The molecule has 0 bridgehead atoms. The van der Waals surface area contributed by atoms with Crippen molar-refractivity contribution in [2.75, 3.05) is 0 Å². The lowest BCUT2D eigenvalue weighted by molar-refractivity contribution is -0.206. The molecule has 12 N–H and O–H groups in total. The first-order valence-corrected chi connectivity index (χ1v) is 45.2. The molecule has 0 spiro atoms. The van der Waals surface area contributed by atoms with Crippen LogP contribution < -0.4 is 18.9 Å². The number of hydrogen-bond donors (Lipinski definition) is 12. The molecule has 0 radical (unpaired) electrons. The average molecular weight is 1670 g/mol. The summed E-state index contributed by atoms with van der Waals surface area (Å²) in [4.78, 5) is 14.5. The number of phenolic OH excluding ortho intramolecular Hbond substituents is 6. The lowest BCUT2D eigenvalue weighted by Crippen LogP contribution is -2.68. The topological polar surface area (TPSA) is 306 Å². The van der Waals surface area contributed by atoms with E-state index in [2.05, 4.69) is 75.0 Å². The molecular formula is C103H144O18. The Morgan fingerprint density at radius 1 is 0.562 bits per heavy atom. The van der Waals surface area contributed by atoms with E-state index < -0.39 is 75.0 Å². The molecule has 18 nitrogen and oxygen atoms in total. The molecule has 15 atom stereocenters. The fraction of sp³-hybridized carbons (Fsp3) is 0.602. The van der Waals surface area contributed by atoms with Crippen LogP contribution in [0.15, 0.2) is 101 Å². The van der Waals surface area contributed by atoms with E-state index in [9.17, 15) is 66.1 Å². The van der Waals surface area contributed by atoms with E-state index in [-0.39, 0.29) is 81.5 Å². The number of rotatable bonds is 18. The quantitative estimate of drug-likeness (QED) is 0.0220. The van der Waals surface area contributed by atoms with Gasteiger partial charge in [-0.2, -0.15) is 0 Å². The number of aliphatic hydroxyl groups is 6. The number of phenols is 6. The highest BCUT2D eigenvalue weighted by molar-refractivity contribution is 5.96. The van der Waals surface area contributed by atoms with E-state index in [4.69, 9.17) is 23.7 Å². The van der Waals surface area contributed by atoms with Crippen molar-refractivity contribution in [1.82, 2.24) is 0 Å². The van der Waals surface area contributed by atoms with Gasteiger partial charge < -0.3 is 85.0 Å². The smallest absolute Gasteiger partial charge is 0.342 e. The van der Waals surface area contributed by atoms with Crippen molar-refractivity contribution in [3.05, 3.63) is 162 Å². The number of unbranched alkanes of at least 4 members (excludes halogenated alkanes) is 4. The van der Waals surface area contributed by atoms with Crippen LogP contribution in [0.1, 0.15) is 339 Å². The molecule has 0 saturated heterocycles. The normalized spacial score (nSPS) is 29.6. The molecule has 1 saturated carbocycles. The Kier molecular flexibility index (Phi) is 27.6. The van der Waals surface area contributed by atoms with E-state index in [0.717, 1.165) is 158 Å². The molecular weight excluding hydrogens is 1530 g/mol. The highest BCUT2D eigenvalue weighted by Gasteiger charge is 2.63. The third kappa shape index (κ3) is 17.9. The predicted octanol–water partition coefficient (Wildman–Crippen LogP) is 21.1. The molecule has 18 heteroatoms. The molecule has 664 valence electrons. The van der Waals surface area contributed by atoms with Gasteiger partial charge in [0, 0.05) is 65.0 Å². The van der Waals surface area contributed by atoms with Gasteiger partial charge in [-0.1, -0.05) is 129 Å². The van der Waals surface area contributed by atoms with Crippen molar-refractivity contribution >= 4 is 17.1 Å². The summed E-state index contributed by atoms with van der Waals surface area (Å²) < 4.78 is 31.7. The molecule has 10 unspecified atom stereocenters. The monoisotopic (exact) mass is 1670 g/mol. The Morgan fingerprint density at radius 3 is 1.65 bits per heavy atom. The zero-order chi connectivity index (χ0) is 89.3.